The molecule has 0 aliphatic heterocycles. The lowest BCUT2D eigenvalue weighted by molar-refractivity contribution is -0.160. The van der Waals surface area contributed by atoms with Crippen LogP contribution >= 0.6 is 0 Å². The standard InChI is InChI=1S/C18H22F4/c1-7-11(3)9-15-13(5)14(6)16(10-12(4)8-2)18(21,22)17(15,19)20/h9-10H,3,5,7-8H2,1-2,4,6H3/b12-10+,15-9+. The molecule has 0 aromatic carbocycles. The SMILES string of the molecule is C=C(/C=C1\C(=C)C(C)=C(/C=C(\C)CC)C(F)(F)C1(F)F)CC. The van der Waals surface area contributed by atoms with Crippen LogP contribution in [0.25, 0.3) is 0 Å². The molecule has 0 nitrogen and oxygen atoms in total. The van der Waals surface area contributed by atoms with Crippen molar-refractivity contribution < 1.29 is 17.6 Å². The average Bonchev–Trinajstić information content (AvgIpc) is 2.46. The van der Waals surface area contributed by atoms with Gasteiger partial charge in [-0.3, -0.25) is 0 Å². The molecule has 122 valence electrons. The monoisotopic (exact) mass is 314 g/mol. The molecule has 22 heavy (non-hydrogen) atoms. The summed E-state index contributed by atoms with van der Waals surface area (Å²) in [4.78, 5) is 0. The molecule has 4 heteroatoms. The van der Waals surface area contributed by atoms with E-state index >= 15 is 0 Å². The minimum absolute atomic E-state index is 0.0549. The Morgan fingerprint density at radius 1 is 1.09 bits per heavy atom. The topological polar surface area (TPSA) is 0 Å². The van der Waals surface area contributed by atoms with Crippen LogP contribution in [0.4, 0.5) is 17.6 Å². The Morgan fingerprint density at radius 2 is 1.64 bits per heavy atom. The number of rotatable bonds is 4. The van der Waals surface area contributed by atoms with Crippen molar-refractivity contribution >= 4 is 0 Å². The van der Waals surface area contributed by atoms with Crippen molar-refractivity contribution in [2.75, 3.05) is 0 Å². The fourth-order valence-electron chi connectivity index (χ4n) is 2.16. The van der Waals surface area contributed by atoms with E-state index in [0.717, 1.165) is 12.2 Å². The summed E-state index contributed by atoms with van der Waals surface area (Å²) in [5.74, 6) is -8.57. The molecule has 0 saturated heterocycles. The third-order valence-electron chi connectivity index (χ3n) is 4.00. The van der Waals surface area contributed by atoms with Gasteiger partial charge in [0.05, 0.1) is 0 Å². The second kappa shape index (κ2) is 6.27. The lowest BCUT2D eigenvalue weighted by Crippen LogP contribution is -2.47. The highest BCUT2D eigenvalue weighted by Crippen LogP contribution is 2.53. The summed E-state index contributed by atoms with van der Waals surface area (Å²) in [6, 6.07) is 0. The summed E-state index contributed by atoms with van der Waals surface area (Å²) in [6.07, 6.45) is 3.11. The van der Waals surface area contributed by atoms with Gasteiger partial charge in [-0.05, 0) is 43.9 Å². The number of hydrogen-bond acceptors (Lipinski definition) is 0. The van der Waals surface area contributed by atoms with Gasteiger partial charge in [0.2, 0.25) is 0 Å². The number of alkyl halides is 4. The van der Waals surface area contributed by atoms with Gasteiger partial charge in [0.25, 0.3) is 0 Å². The molecule has 0 saturated carbocycles. The second-order valence-corrected chi connectivity index (χ2v) is 5.58. The van der Waals surface area contributed by atoms with Crippen LogP contribution in [0.5, 0.6) is 0 Å². The zero-order valence-corrected chi connectivity index (χ0v) is 13.5. The largest absolute Gasteiger partial charge is 0.340 e. The first kappa shape index (κ1) is 18.5. The predicted octanol–water partition coefficient (Wildman–Crippen LogP) is 6.39. The van der Waals surface area contributed by atoms with Gasteiger partial charge < -0.3 is 0 Å². The fourth-order valence-corrected chi connectivity index (χ4v) is 2.16. The highest BCUT2D eigenvalue weighted by atomic mass is 19.3. The van der Waals surface area contributed by atoms with E-state index in [2.05, 4.69) is 13.2 Å². The summed E-state index contributed by atoms with van der Waals surface area (Å²) in [5.41, 5.74) is -0.375. The zero-order chi connectivity index (χ0) is 17.3. The van der Waals surface area contributed by atoms with Crippen molar-refractivity contribution in [3.05, 3.63) is 58.7 Å². The highest BCUT2D eigenvalue weighted by Gasteiger charge is 2.63. The van der Waals surface area contributed by atoms with Crippen molar-refractivity contribution in [1.82, 2.24) is 0 Å². The summed E-state index contributed by atoms with van der Waals surface area (Å²) in [6.45, 7) is 13.8. The maximum absolute atomic E-state index is 14.4. The van der Waals surface area contributed by atoms with Crippen molar-refractivity contribution in [2.45, 2.75) is 52.4 Å². The third kappa shape index (κ3) is 2.96. The Balaban J connectivity index is 3.63. The van der Waals surface area contributed by atoms with Crippen LogP contribution in [0.3, 0.4) is 0 Å². The summed E-state index contributed by atoms with van der Waals surface area (Å²) in [5, 5.41) is 0. The maximum Gasteiger partial charge on any atom is 0.340 e. The van der Waals surface area contributed by atoms with Gasteiger partial charge >= 0.3 is 11.8 Å². The fraction of sp³-hybridized carbons (Fsp3) is 0.444. The van der Waals surface area contributed by atoms with Crippen LogP contribution in [0.2, 0.25) is 0 Å². The molecule has 0 aromatic heterocycles. The quantitative estimate of drug-likeness (QED) is 0.527. The highest BCUT2D eigenvalue weighted by molar-refractivity contribution is 5.61. The van der Waals surface area contributed by atoms with Crippen LogP contribution in [0, 0.1) is 0 Å². The Bertz CT molecular complexity index is 586. The van der Waals surface area contributed by atoms with Crippen molar-refractivity contribution in [3.8, 4) is 0 Å². The predicted molar refractivity (Wildman–Crippen MR) is 83.3 cm³/mol. The third-order valence-corrected chi connectivity index (χ3v) is 4.00. The first-order valence-corrected chi connectivity index (χ1v) is 7.24. The summed E-state index contributed by atoms with van der Waals surface area (Å²) in [7, 11) is 0. The van der Waals surface area contributed by atoms with Crippen molar-refractivity contribution in [2.24, 2.45) is 0 Å². The minimum Gasteiger partial charge on any atom is -0.194 e. The van der Waals surface area contributed by atoms with Crippen molar-refractivity contribution in [3.63, 3.8) is 0 Å². The Hall–Kier alpha value is -1.58. The summed E-state index contributed by atoms with van der Waals surface area (Å²) < 4.78 is 57.6. The van der Waals surface area contributed by atoms with E-state index in [1.807, 2.05) is 0 Å². The van der Waals surface area contributed by atoms with E-state index in [4.69, 9.17) is 0 Å². The van der Waals surface area contributed by atoms with Gasteiger partial charge in [-0.25, -0.2) is 0 Å². The van der Waals surface area contributed by atoms with Crippen LogP contribution in [0.1, 0.15) is 40.5 Å². The van der Waals surface area contributed by atoms with E-state index in [9.17, 15) is 17.6 Å². The molecule has 0 radical (unpaired) electrons. The normalized spacial score (nSPS) is 23.2. The van der Waals surface area contributed by atoms with E-state index in [-0.39, 0.29) is 11.1 Å². The molecular formula is C18H22F4. The van der Waals surface area contributed by atoms with Gasteiger partial charge in [0, 0.05) is 11.1 Å². The van der Waals surface area contributed by atoms with Gasteiger partial charge in [-0.1, -0.05) is 44.2 Å². The Morgan fingerprint density at radius 3 is 2.09 bits per heavy atom. The molecule has 0 unspecified atom stereocenters. The molecule has 1 aliphatic rings. The first-order valence-electron chi connectivity index (χ1n) is 7.24. The zero-order valence-electron chi connectivity index (χ0n) is 13.5. The van der Waals surface area contributed by atoms with E-state index in [0.29, 0.717) is 24.0 Å². The number of hydrogen-bond donors (Lipinski definition) is 0. The molecule has 1 rings (SSSR count). The van der Waals surface area contributed by atoms with Gasteiger partial charge in [-0.2, -0.15) is 17.6 Å². The average molecular weight is 314 g/mol. The second-order valence-electron chi connectivity index (χ2n) is 5.58. The number of allylic oxidation sites excluding steroid dienone is 8. The molecule has 0 fully saturated rings. The van der Waals surface area contributed by atoms with Crippen LogP contribution in [-0.2, 0) is 0 Å². The lowest BCUT2D eigenvalue weighted by atomic mass is 9.78. The number of halogens is 4. The van der Waals surface area contributed by atoms with Gasteiger partial charge in [-0.15, -0.1) is 0 Å². The molecule has 0 N–H and O–H groups in total. The molecule has 1 aliphatic carbocycles. The van der Waals surface area contributed by atoms with Crippen LogP contribution in [-0.4, -0.2) is 11.8 Å². The van der Waals surface area contributed by atoms with Crippen molar-refractivity contribution in [1.29, 1.82) is 0 Å². The molecule has 0 atom stereocenters. The minimum atomic E-state index is -4.30. The van der Waals surface area contributed by atoms with E-state index in [1.165, 1.54) is 6.92 Å². The molecule has 0 amide bonds. The van der Waals surface area contributed by atoms with Gasteiger partial charge in [0.1, 0.15) is 0 Å². The first-order chi connectivity index (χ1) is 10.0. The van der Waals surface area contributed by atoms with Crippen LogP contribution < -0.4 is 0 Å². The van der Waals surface area contributed by atoms with E-state index < -0.39 is 23.0 Å². The lowest BCUT2D eigenvalue weighted by Gasteiger charge is -2.36. The molecule has 0 spiro atoms. The molecule has 0 bridgehead atoms. The Kier molecular flexibility index (Phi) is 5.26. The summed E-state index contributed by atoms with van der Waals surface area (Å²) >= 11 is 0. The van der Waals surface area contributed by atoms with Gasteiger partial charge in [0.15, 0.2) is 0 Å². The molecular weight excluding hydrogens is 292 g/mol. The smallest absolute Gasteiger partial charge is 0.194 e. The molecule has 0 aromatic rings. The van der Waals surface area contributed by atoms with Crippen LogP contribution in [0.15, 0.2) is 58.7 Å². The maximum atomic E-state index is 14.4. The molecule has 0 heterocycles. The Labute approximate surface area is 129 Å². The van der Waals surface area contributed by atoms with E-state index in [1.54, 1.807) is 20.8 Å².